The Hall–Kier alpha value is -2.10. The Kier molecular flexibility index (Phi) is 4.72. The number of benzene rings is 1. The van der Waals surface area contributed by atoms with Gasteiger partial charge in [-0.05, 0) is 25.5 Å². The van der Waals surface area contributed by atoms with E-state index >= 15 is 0 Å². The Morgan fingerprint density at radius 3 is 2.68 bits per heavy atom. The molecule has 1 aromatic carbocycles. The molecule has 0 aliphatic heterocycles. The van der Waals surface area contributed by atoms with Gasteiger partial charge in [0.05, 0.1) is 6.54 Å². The molecule has 0 saturated carbocycles. The molecule has 0 atom stereocenters. The normalized spacial score (nSPS) is 10.2. The van der Waals surface area contributed by atoms with E-state index in [1.165, 1.54) is 0 Å². The number of ether oxygens (including phenoxy) is 1. The Bertz CT molecular complexity index is 514. The van der Waals surface area contributed by atoms with Crippen LogP contribution in [0.3, 0.4) is 0 Å². The van der Waals surface area contributed by atoms with Crippen molar-refractivity contribution in [1.29, 1.82) is 0 Å². The van der Waals surface area contributed by atoms with Gasteiger partial charge < -0.3 is 10.1 Å². The van der Waals surface area contributed by atoms with Crippen molar-refractivity contribution in [2.75, 3.05) is 18.5 Å². The standard InChI is InChI=1S/C15H19N3O/c1-3-13-11-15(18-12(2)17-13)16-9-10-19-14-7-5-4-6-8-14/h4-8,11H,3,9-10H2,1-2H3,(H,16,17,18). The van der Waals surface area contributed by atoms with E-state index in [1.54, 1.807) is 0 Å². The van der Waals surface area contributed by atoms with Gasteiger partial charge in [0.15, 0.2) is 0 Å². The van der Waals surface area contributed by atoms with Gasteiger partial charge in [0.1, 0.15) is 24.0 Å². The summed E-state index contributed by atoms with van der Waals surface area (Å²) in [6.45, 7) is 5.32. The number of hydrogen-bond acceptors (Lipinski definition) is 4. The van der Waals surface area contributed by atoms with Gasteiger partial charge in [-0.15, -0.1) is 0 Å². The quantitative estimate of drug-likeness (QED) is 0.808. The number of aryl methyl sites for hydroxylation is 2. The number of hydrogen-bond donors (Lipinski definition) is 1. The van der Waals surface area contributed by atoms with Crippen molar-refractivity contribution in [3.63, 3.8) is 0 Å². The number of rotatable bonds is 6. The molecule has 2 rings (SSSR count). The highest BCUT2D eigenvalue weighted by atomic mass is 16.5. The van der Waals surface area contributed by atoms with Crippen molar-refractivity contribution < 1.29 is 4.74 Å². The third-order valence-electron chi connectivity index (χ3n) is 2.67. The average Bonchev–Trinajstić information content (AvgIpc) is 2.44. The van der Waals surface area contributed by atoms with Crippen LogP contribution in [0.2, 0.25) is 0 Å². The highest BCUT2D eigenvalue weighted by molar-refractivity contribution is 5.36. The second-order valence-corrected chi connectivity index (χ2v) is 4.23. The summed E-state index contributed by atoms with van der Waals surface area (Å²) in [6.07, 6.45) is 0.915. The summed E-state index contributed by atoms with van der Waals surface area (Å²) in [5.74, 6) is 2.55. The molecule has 100 valence electrons. The molecule has 4 nitrogen and oxygen atoms in total. The monoisotopic (exact) mass is 257 g/mol. The molecule has 4 heteroatoms. The van der Waals surface area contributed by atoms with Gasteiger partial charge in [-0.1, -0.05) is 25.1 Å². The van der Waals surface area contributed by atoms with Gasteiger partial charge >= 0.3 is 0 Å². The first-order valence-electron chi connectivity index (χ1n) is 6.54. The second kappa shape index (κ2) is 6.73. The third-order valence-corrected chi connectivity index (χ3v) is 2.67. The van der Waals surface area contributed by atoms with Crippen LogP contribution >= 0.6 is 0 Å². The highest BCUT2D eigenvalue weighted by Crippen LogP contribution is 2.09. The molecule has 0 radical (unpaired) electrons. The van der Waals surface area contributed by atoms with Gasteiger partial charge in [0.2, 0.25) is 0 Å². The fraction of sp³-hybridized carbons (Fsp3) is 0.333. The molecule has 0 bridgehead atoms. The number of para-hydroxylation sites is 1. The summed E-state index contributed by atoms with van der Waals surface area (Å²) in [5.41, 5.74) is 1.05. The highest BCUT2D eigenvalue weighted by Gasteiger charge is 2.00. The van der Waals surface area contributed by atoms with Crippen LogP contribution in [-0.4, -0.2) is 23.1 Å². The van der Waals surface area contributed by atoms with Crippen molar-refractivity contribution in [1.82, 2.24) is 9.97 Å². The maximum atomic E-state index is 5.61. The molecule has 19 heavy (non-hydrogen) atoms. The number of aromatic nitrogens is 2. The maximum Gasteiger partial charge on any atom is 0.130 e. The summed E-state index contributed by atoms with van der Waals surface area (Å²) < 4.78 is 5.61. The van der Waals surface area contributed by atoms with E-state index in [1.807, 2.05) is 43.3 Å². The second-order valence-electron chi connectivity index (χ2n) is 4.23. The van der Waals surface area contributed by atoms with Gasteiger partial charge in [-0.3, -0.25) is 0 Å². The minimum atomic E-state index is 0.606. The topological polar surface area (TPSA) is 47.0 Å². The minimum absolute atomic E-state index is 0.606. The van der Waals surface area contributed by atoms with Crippen molar-refractivity contribution >= 4 is 5.82 Å². The Morgan fingerprint density at radius 1 is 1.16 bits per heavy atom. The molecule has 0 aliphatic carbocycles. The zero-order valence-corrected chi connectivity index (χ0v) is 11.4. The van der Waals surface area contributed by atoms with Crippen molar-refractivity contribution in [3.05, 3.63) is 47.9 Å². The van der Waals surface area contributed by atoms with Crippen LogP contribution in [0, 0.1) is 6.92 Å². The van der Waals surface area contributed by atoms with E-state index in [9.17, 15) is 0 Å². The molecule has 1 N–H and O–H groups in total. The number of anilines is 1. The van der Waals surface area contributed by atoms with E-state index < -0.39 is 0 Å². The molecular formula is C15H19N3O. The molecule has 0 amide bonds. The summed E-state index contributed by atoms with van der Waals surface area (Å²) in [5, 5.41) is 3.25. The summed E-state index contributed by atoms with van der Waals surface area (Å²) >= 11 is 0. The lowest BCUT2D eigenvalue weighted by Gasteiger charge is -2.09. The first kappa shape index (κ1) is 13.3. The van der Waals surface area contributed by atoms with Crippen LogP contribution in [0.5, 0.6) is 5.75 Å². The minimum Gasteiger partial charge on any atom is -0.492 e. The van der Waals surface area contributed by atoms with Gasteiger partial charge in [0, 0.05) is 11.8 Å². The largest absolute Gasteiger partial charge is 0.492 e. The molecule has 2 aromatic rings. The fourth-order valence-electron chi connectivity index (χ4n) is 1.77. The van der Waals surface area contributed by atoms with Crippen molar-refractivity contribution in [3.8, 4) is 5.75 Å². The van der Waals surface area contributed by atoms with Crippen LogP contribution in [0.25, 0.3) is 0 Å². The molecule has 0 aliphatic rings. The fourth-order valence-corrected chi connectivity index (χ4v) is 1.77. The number of nitrogens with zero attached hydrogens (tertiary/aromatic N) is 2. The Morgan fingerprint density at radius 2 is 1.95 bits per heavy atom. The predicted molar refractivity (Wildman–Crippen MR) is 76.6 cm³/mol. The van der Waals surface area contributed by atoms with Gasteiger partial charge in [0.25, 0.3) is 0 Å². The lowest BCUT2D eigenvalue weighted by molar-refractivity contribution is 0.332. The molecule has 0 unspecified atom stereocenters. The zero-order valence-electron chi connectivity index (χ0n) is 11.4. The Balaban J connectivity index is 1.81. The Labute approximate surface area is 113 Å². The van der Waals surface area contributed by atoms with E-state index in [0.29, 0.717) is 13.2 Å². The molecule has 1 heterocycles. The van der Waals surface area contributed by atoms with E-state index in [4.69, 9.17) is 4.74 Å². The van der Waals surface area contributed by atoms with Crippen molar-refractivity contribution in [2.45, 2.75) is 20.3 Å². The zero-order chi connectivity index (χ0) is 13.5. The van der Waals surface area contributed by atoms with Crippen molar-refractivity contribution in [2.24, 2.45) is 0 Å². The predicted octanol–water partition coefficient (Wildman–Crippen LogP) is 2.84. The molecule has 1 aromatic heterocycles. The SMILES string of the molecule is CCc1cc(NCCOc2ccccc2)nc(C)n1. The van der Waals surface area contributed by atoms with E-state index in [2.05, 4.69) is 22.2 Å². The van der Waals surface area contributed by atoms with Crippen LogP contribution < -0.4 is 10.1 Å². The summed E-state index contributed by atoms with van der Waals surface area (Å²) in [6, 6.07) is 11.8. The van der Waals surface area contributed by atoms with E-state index in [0.717, 1.165) is 29.5 Å². The molecule has 0 saturated heterocycles. The lowest BCUT2D eigenvalue weighted by Crippen LogP contribution is -2.13. The number of nitrogens with one attached hydrogen (secondary N) is 1. The van der Waals surface area contributed by atoms with Crippen LogP contribution in [0.1, 0.15) is 18.4 Å². The first-order valence-corrected chi connectivity index (χ1v) is 6.54. The first-order chi connectivity index (χ1) is 9.28. The average molecular weight is 257 g/mol. The molecule has 0 fully saturated rings. The summed E-state index contributed by atoms with van der Waals surface area (Å²) in [7, 11) is 0. The van der Waals surface area contributed by atoms with Crippen LogP contribution in [-0.2, 0) is 6.42 Å². The van der Waals surface area contributed by atoms with Crippen LogP contribution in [0.4, 0.5) is 5.82 Å². The lowest BCUT2D eigenvalue weighted by atomic mass is 10.3. The van der Waals surface area contributed by atoms with Crippen LogP contribution in [0.15, 0.2) is 36.4 Å². The maximum absolute atomic E-state index is 5.61. The molecule has 0 spiro atoms. The van der Waals surface area contributed by atoms with Gasteiger partial charge in [-0.2, -0.15) is 0 Å². The third kappa shape index (κ3) is 4.25. The molecular weight excluding hydrogens is 238 g/mol. The van der Waals surface area contributed by atoms with Gasteiger partial charge in [-0.25, -0.2) is 9.97 Å². The smallest absolute Gasteiger partial charge is 0.130 e. The van der Waals surface area contributed by atoms with E-state index in [-0.39, 0.29) is 0 Å². The summed E-state index contributed by atoms with van der Waals surface area (Å²) in [4.78, 5) is 8.69.